The molecule has 8 aromatic heterocycles. The van der Waals surface area contributed by atoms with Crippen molar-refractivity contribution in [1.82, 2.24) is 78.1 Å². The van der Waals surface area contributed by atoms with Crippen LogP contribution in [0.2, 0.25) is 30.3 Å². The molecule has 0 bridgehead atoms. The fourth-order valence-corrected chi connectivity index (χ4v) is 15.1. The zero-order valence-electron chi connectivity index (χ0n) is 79.9. The molecule has 5 atom stereocenters. The minimum absolute atomic E-state index is 0. The van der Waals surface area contributed by atoms with Crippen molar-refractivity contribution in [3.05, 3.63) is 279 Å². The molecule has 29 nitrogen and oxygen atoms in total. The van der Waals surface area contributed by atoms with Gasteiger partial charge in [-0.3, -0.25) is 18.3 Å². The number of ether oxygens (including phenoxy) is 4. The van der Waals surface area contributed by atoms with Gasteiger partial charge in [-0.1, -0.05) is 223 Å². The molecule has 9 N–H and O–H groups in total. The maximum Gasteiger partial charge on any atom is 1.00 e. The summed E-state index contributed by atoms with van der Waals surface area (Å²) in [6.45, 7) is 26.8. The van der Waals surface area contributed by atoms with E-state index in [1.54, 1.807) is 65.3 Å². The monoisotopic (exact) mass is 2040 g/mol. The smallest absolute Gasteiger partial charge is 1.00 e. The Bertz CT molecular complexity index is 5390. The van der Waals surface area contributed by atoms with Gasteiger partial charge in [-0.25, -0.2) is 54.7 Å². The first-order chi connectivity index (χ1) is 64.5. The first kappa shape index (κ1) is 115. The molecule has 0 radical (unpaired) electrons. The van der Waals surface area contributed by atoms with Crippen LogP contribution in [0.15, 0.2) is 236 Å². The van der Waals surface area contributed by atoms with Crippen molar-refractivity contribution < 1.29 is 86.1 Å². The van der Waals surface area contributed by atoms with Gasteiger partial charge in [0.1, 0.15) is 83.2 Å². The predicted molar refractivity (Wildman–Crippen MR) is 546 cm³/mol. The number of benzene rings is 5. The molecule has 0 saturated heterocycles. The number of aliphatic hydroxyl groups excluding tert-OH is 1. The Kier molecular flexibility index (Phi) is 54.3. The number of hydrogen-bond acceptors (Lipinski definition) is 28. The Morgan fingerprint density at radius 3 is 1.07 bits per heavy atom. The molecule has 135 heavy (non-hydrogen) atoms. The van der Waals surface area contributed by atoms with Gasteiger partial charge in [0.15, 0.2) is 10.3 Å². The summed E-state index contributed by atoms with van der Waals surface area (Å²) in [5, 5.41) is 28.2. The van der Waals surface area contributed by atoms with E-state index in [1.165, 1.54) is 30.6 Å². The van der Waals surface area contributed by atoms with Crippen LogP contribution in [0.1, 0.15) is 131 Å². The van der Waals surface area contributed by atoms with Crippen LogP contribution in [0.5, 0.6) is 0 Å². The van der Waals surface area contributed by atoms with Crippen molar-refractivity contribution in [3.63, 3.8) is 0 Å². The van der Waals surface area contributed by atoms with E-state index in [9.17, 15) is 0 Å². The van der Waals surface area contributed by atoms with E-state index in [0.717, 1.165) is 104 Å². The summed E-state index contributed by atoms with van der Waals surface area (Å²) in [6.07, 6.45) is 29.6. The molecule has 722 valence electrons. The number of imidazole rings is 4. The fourth-order valence-electron chi connectivity index (χ4n) is 13.0. The summed E-state index contributed by atoms with van der Waals surface area (Å²) in [5.74, 6) is 8.28. The average molecular weight is 2050 g/mol. The number of aromatic nitrogens is 16. The molecule has 0 fully saturated rings. The van der Waals surface area contributed by atoms with Gasteiger partial charge in [-0.15, -0.1) is 0 Å². The summed E-state index contributed by atoms with van der Waals surface area (Å²) in [5.41, 5.74) is 16.8. The Morgan fingerprint density at radius 2 is 0.726 bits per heavy atom. The molecule has 0 aliphatic carbocycles. The van der Waals surface area contributed by atoms with Crippen LogP contribution >= 0.6 is 105 Å². The van der Waals surface area contributed by atoms with Crippen molar-refractivity contribution in [3.8, 4) is 23.3 Å². The molecule has 13 aromatic rings. The molecule has 13 rings (SSSR count). The van der Waals surface area contributed by atoms with E-state index in [4.69, 9.17) is 114 Å². The number of nitrogens with one attached hydrogen (secondary N) is 4. The summed E-state index contributed by atoms with van der Waals surface area (Å²) in [6, 6.07) is 46.3. The van der Waals surface area contributed by atoms with Gasteiger partial charge >= 0.3 is 51.4 Å². The second kappa shape index (κ2) is 64.0. The first-order valence-corrected chi connectivity index (χ1v) is 49.3. The third kappa shape index (κ3) is 46.4. The standard InChI is InChI=1S/C27H30Cl2N6O.C21H26ClN5O3S.C21H26ClN5OS.C13H20ClNO.C8H7ClN4S.C6H15NO.K.H/c1-19(2)12-24(17-36-16-20-6-8-22(28)9-7-20)32-25-14-26(35-11-10-30-18-35)34-27(33-25)31-15-21-4-3-5-23(29)13-21;1-15(2)10-18(13-29-12-16-4-6-17(22)7-5-16)24-19-11-20(27-9-8-23-14-27)26-21(25-19)31-30-28-3;1-15(2)10-18(13-28-12-16-4-6-17(22)7-5-16)24-19-11-20(26-21(25-19)29-3)27-9-8-23-14-27;1-10(2)7-13(15)9-16-8-11-3-5-12(14)6-4-11;1-14-8-11-6(9)4-7(12-8)13-3-2-10-5-13;1-5(2)3-6(7)4-8;;/h3-11,13-14,18-19,24H,12,15-17H2,1-2H3,(H2,31,32,33,34);4-9,11,14-15,18H,10,12-13H2,1-3H3,(H,24,25,26);4-9,11,14-15,18H,10,12-13H2,1-3H3,(H,24,25,26);3-6,10,13H,7-9,15H2,1-2H3;2-5H,1H3;5-6,8H,3-4,7H2,1-2H3;;/q;;;;;;+1;-1/t24-;2*18-;13-;;6-;;/m1111.1../s1. The van der Waals surface area contributed by atoms with E-state index in [2.05, 4.69) is 150 Å². The SMILES string of the molecule is CC(C)C[C@@H](N)CO.CC(C)C[C@@H](N)COCc1ccc(Cl)cc1.CC(C)C[C@H](COCc1ccc(Cl)cc1)Nc1cc(-n2ccnc2)nc(NCc2cccc(Cl)c2)n1.COOSc1nc(N[C@@H](COCc2ccc(Cl)cc2)CC(C)C)cc(-n2ccnc2)n1.CSc1nc(Cl)cc(-n2ccnc2)n1.CSc1nc(N[C@@H](COCc2ccc(Cl)cc2)CC(C)C)cc(-n2ccnc2)n1.[H-].[K+]. The minimum Gasteiger partial charge on any atom is -1.00 e. The van der Waals surface area contributed by atoms with Crippen molar-refractivity contribution in [2.75, 3.05) is 73.9 Å². The van der Waals surface area contributed by atoms with Crippen molar-refractivity contribution in [2.24, 2.45) is 41.1 Å². The molecule has 0 spiro atoms. The Balaban J connectivity index is 0.000000263. The average Bonchev–Trinajstić information content (AvgIpc) is 1.71. The quantitative estimate of drug-likeness (QED) is 0.00354. The number of halogens is 6. The summed E-state index contributed by atoms with van der Waals surface area (Å²) in [4.78, 5) is 56.9. The number of nitrogens with zero attached hydrogens (tertiary/aromatic N) is 16. The number of nitrogens with two attached hydrogens (primary N) is 2. The van der Waals surface area contributed by atoms with E-state index in [0.29, 0.717) is 149 Å². The largest absolute Gasteiger partial charge is 1.00 e. The molecule has 0 saturated carbocycles. The molecule has 5 aromatic carbocycles. The van der Waals surface area contributed by atoms with Crippen molar-refractivity contribution in [2.45, 2.75) is 180 Å². The number of hydrogen-bond donors (Lipinski definition) is 7. The third-order valence-corrected chi connectivity index (χ3v) is 21.9. The normalized spacial score (nSPS) is 12.2. The zero-order chi connectivity index (χ0) is 96.5. The second-order valence-corrected chi connectivity index (χ2v) is 37.9. The zero-order valence-corrected chi connectivity index (χ0v) is 89.0. The topological polar surface area (TPSA) is 350 Å². The summed E-state index contributed by atoms with van der Waals surface area (Å²) in [7, 11) is 1.43. The number of anilines is 4. The van der Waals surface area contributed by atoms with Gasteiger partial charge in [0.05, 0.1) is 84.7 Å². The summed E-state index contributed by atoms with van der Waals surface area (Å²) < 4.78 is 35.8. The van der Waals surface area contributed by atoms with E-state index >= 15 is 0 Å². The van der Waals surface area contributed by atoms with Crippen LogP contribution in [0.4, 0.5) is 23.4 Å². The molecule has 0 aliphatic rings. The number of thioether (sulfide) groups is 2. The Hall–Kier alpha value is -7.47. The van der Waals surface area contributed by atoms with Gasteiger partial charge in [-0.05, 0) is 163 Å². The van der Waals surface area contributed by atoms with Gasteiger partial charge < -0.3 is 58.2 Å². The number of aliphatic hydroxyl groups is 1. The Labute approximate surface area is 880 Å². The van der Waals surface area contributed by atoms with E-state index in [1.807, 2.05) is 186 Å². The van der Waals surface area contributed by atoms with Crippen LogP contribution < -0.4 is 84.1 Å². The van der Waals surface area contributed by atoms with E-state index in [-0.39, 0.29) is 89.6 Å². The molecular weight excluding hydrogens is 1920 g/mol. The predicted octanol–water partition coefficient (Wildman–Crippen LogP) is 19.4. The molecule has 39 heteroatoms. The Morgan fingerprint density at radius 1 is 0.385 bits per heavy atom. The van der Waals surface area contributed by atoms with Gasteiger partial charge in [0, 0.05) is 118 Å². The van der Waals surface area contributed by atoms with Gasteiger partial charge in [0.2, 0.25) is 11.1 Å². The molecule has 0 aliphatic heterocycles. The molecular formula is C96H125Cl6KN22O7S3. The van der Waals surface area contributed by atoms with Gasteiger partial charge in [-0.2, -0.15) is 14.3 Å². The fraction of sp³-hybridized carbons (Fsp3) is 0.396. The molecule has 8 heterocycles. The summed E-state index contributed by atoms with van der Waals surface area (Å²) >= 11 is 39.6. The minimum atomic E-state index is -0.0185. The molecule has 0 amide bonds. The maximum absolute atomic E-state index is 8.46. The van der Waals surface area contributed by atoms with Crippen LogP contribution in [-0.2, 0) is 61.1 Å². The van der Waals surface area contributed by atoms with Crippen LogP contribution in [0, 0.1) is 29.6 Å². The first-order valence-electron chi connectivity index (χ1n) is 43.8. The van der Waals surface area contributed by atoms with Crippen molar-refractivity contribution in [1.29, 1.82) is 0 Å². The second-order valence-electron chi connectivity index (χ2n) is 33.1. The maximum atomic E-state index is 8.46. The van der Waals surface area contributed by atoms with Gasteiger partial charge in [0.25, 0.3) is 0 Å². The van der Waals surface area contributed by atoms with Crippen LogP contribution in [-0.4, -0.2) is 166 Å². The number of rotatable bonds is 45. The van der Waals surface area contributed by atoms with Crippen LogP contribution in [0.25, 0.3) is 23.3 Å². The van der Waals surface area contributed by atoms with Crippen molar-refractivity contribution >= 4 is 129 Å². The molecule has 0 unspecified atom stereocenters. The van der Waals surface area contributed by atoms with Crippen LogP contribution in [0.3, 0.4) is 0 Å². The van der Waals surface area contributed by atoms with E-state index < -0.39 is 0 Å². The third-order valence-electron chi connectivity index (χ3n) is 18.8.